The molecule has 92 valence electrons. The van der Waals surface area contributed by atoms with Crippen LogP contribution >= 0.6 is 0 Å². The van der Waals surface area contributed by atoms with Gasteiger partial charge in [-0.25, -0.2) is 0 Å². The Morgan fingerprint density at radius 2 is 2.31 bits per heavy atom. The van der Waals surface area contributed by atoms with Crippen molar-refractivity contribution in [3.05, 3.63) is 12.7 Å². The Hall–Kier alpha value is -0.830. The van der Waals surface area contributed by atoms with Gasteiger partial charge in [-0.15, -0.1) is 0 Å². The maximum Gasteiger partial charge on any atom is 0.303 e. The third-order valence-electron chi connectivity index (χ3n) is 3.45. The first kappa shape index (κ1) is 13.2. The molecule has 0 N–H and O–H groups in total. The summed E-state index contributed by atoms with van der Waals surface area (Å²) in [7, 11) is 0. The zero-order chi connectivity index (χ0) is 12.4. The predicted octanol–water partition coefficient (Wildman–Crippen LogP) is 2.84. The van der Waals surface area contributed by atoms with Crippen molar-refractivity contribution in [1.82, 2.24) is 0 Å². The lowest BCUT2D eigenvalue weighted by atomic mass is 9.94. The van der Waals surface area contributed by atoms with Crippen molar-refractivity contribution in [3.63, 3.8) is 0 Å². The van der Waals surface area contributed by atoms with Crippen LogP contribution in [-0.2, 0) is 14.3 Å². The molecule has 1 aliphatic rings. The Balaban J connectivity index is 2.41. The van der Waals surface area contributed by atoms with Gasteiger partial charge >= 0.3 is 5.97 Å². The van der Waals surface area contributed by atoms with Crippen LogP contribution in [0.25, 0.3) is 0 Å². The quantitative estimate of drug-likeness (QED) is 0.397. The smallest absolute Gasteiger partial charge is 0.303 e. The van der Waals surface area contributed by atoms with Crippen LogP contribution in [0.5, 0.6) is 0 Å². The molecule has 1 rings (SSSR count). The number of carbonyl (C=O) groups is 1. The van der Waals surface area contributed by atoms with Crippen LogP contribution in [0.2, 0.25) is 0 Å². The number of ether oxygens (including phenoxy) is 2. The first-order valence-electron chi connectivity index (χ1n) is 5.86. The molecule has 0 unspecified atom stereocenters. The van der Waals surface area contributed by atoms with Crippen molar-refractivity contribution in [2.24, 2.45) is 0 Å². The van der Waals surface area contributed by atoms with Gasteiger partial charge in [0.25, 0.3) is 0 Å². The first-order valence-corrected chi connectivity index (χ1v) is 5.86. The van der Waals surface area contributed by atoms with Gasteiger partial charge in [0.05, 0.1) is 11.7 Å². The maximum absolute atomic E-state index is 11.0. The summed E-state index contributed by atoms with van der Waals surface area (Å²) < 4.78 is 10.9. The molecule has 0 spiro atoms. The Kier molecular flexibility index (Phi) is 3.79. The molecule has 0 aromatic heterocycles. The molecule has 0 radical (unpaired) electrons. The minimum atomic E-state index is -0.563. The number of epoxide rings is 1. The van der Waals surface area contributed by atoms with E-state index >= 15 is 0 Å². The highest BCUT2D eigenvalue weighted by Gasteiger charge is 2.50. The molecule has 3 atom stereocenters. The fourth-order valence-electron chi connectivity index (χ4n) is 1.91. The molecule has 0 amide bonds. The van der Waals surface area contributed by atoms with Crippen molar-refractivity contribution in [2.75, 3.05) is 0 Å². The fourth-order valence-corrected chi connectivity index (χ4v) is 1.91. The SMILES string of the molecule is C=C[C@](C)(CC[C@@H]1O[C@]1(C)CC)OC(C)=O. The van der Waals surface area contributed by atoms with Crippen molar-refractivity contribution >= 4 is 5.97 Å². The van der Waals surface area contributed by atoms with Gasteiger partial charge < -0.3 is 9.47 Å². The van der Waals surface area contributed by atoms with E-state index in [0.29, 0.717) is 6.10 Å². The van der Waals surface area contributed by atoms with Crippen LogP contribution in [0.4, 0.5) is 0 Å². The first-order chi connectivity index (χ1) is 7.35. The molecule has 1 saturated heterocycles. The lowest BCUT2D eigenvalue weighted by Gasteiger charge is -2.25. The molecule has 16 heavy (non-hydrogen) atoms. The summed E-state index contributed by atoms with van der Waals surface area (Å²) in [5, 5.41) is 0. The molecule has 0 aliphatic carbocycles. The highest BCUT2D eigenvalue weighted by Crippen LogP contribution is 2.42. The van der Waals surface area contributed by atoms with Crippen LogP contribution in [0, 0.1) is 0 Å². The van der Waals surface area contributed by atoms with E-state index in [4.69, 9.17) is 9.47 Å². The third-order valence-corrected chi connectivity index (χ3v) is 3.45. The summed E-state index contributed by atoms with van der Waals surface area (Å²) in [5.74, 6) is -0.266. The van der Waals surface area contributed by atoms with Gasteiger partial charge in [-0.1, -0.05) is 13.5 Å². The lowest BCUT2D eigenvalue weighted by Crippen LogP contribution is -2.29. The fraction of sp³-hybridized carbons (Fsp3) is 0.769. The van der Waals surface area contributed by atoms with Gasteiger partial charge in [0.2, 0.25) is 0 Å². The Labute approximate surface area is 97.8 Å². The topological polar surface area (TPSA) is 38.8 Å². The molecular weight excluding hydrogens is 204 g/mol. The molecule has 0 bridgehead atoms. The number of rotatable bonds is 6. The lowest BCUT2D eigenvalue weighted by molar-refractivity contribution is -0.151. The van der Waals surface area contributed by atoms with E-state index in [2.05, 4.69) is 20.4 Å². The zero-order valence-electron chi connectivity index (χ0n) is 10.7. The van der Waals surface area contributed by atoms with Gasteiger partial charge in [-0.3, -0.25) is 4.79 Å². The summed E-state index contributed by atoms with van der Waals surface area (Å²) in [6.07, 6.45) is 4.68. The number of hydrogen-bond donors (Lipinski definition) is 0. The second-order valence-corrected chi connectivity index (χ2v) is 4.92. The van der Waals surface area contributed by atoms with Crippen LogP contribution < -0.4 is 0 Å². The largest absolute Gasteiger partial charge is 0.455 e. The second-order valence-electron chi connectivity index (χ2n) is 4.92. The average Bonchev–Trinajstić information content (AvgIpc) is 2.87. The highest BCUT2D eigenvalue weighted by atomic mass is 16.6. The summed E-state index contributed by atoms with van der Waals surface area (Å²) >= 11 is 0. The minimum absolute atomic E-state index is 0.0400. The van der Waals surface area contributed by atoms with Gasteiger partial charge in [0, 0.05) is 6.92 Å². The average molecular weight is 226 g/mol. The van der Waals surface area contributed by atoms with Crippen molar-refractivity contribution in [3.8, 4) is 0 Å². The summed E-state index contributed by atoms with van der Waals surface area (Å²) in [5.41, 5.74) is -0.523. The van der Waals surface area contributed by atoms with E-state index in [-0.39, 0.29) is 11.6 Å². The predicted molar refractivity (Wildman–Crippen MR) is 63.2 cm³/mol. The molecule has 3 nitrogen and oxygen atoms in total. The van der Waals surface area contributed by atoms with E-state index in [1.807, 2.05) is 6.92 Å². The standard InChI is InChI=1S/C13H22O3/c1-6-12(4,15-10(3)14)9-8-11-13(5,7-2)16-11/h6,11H,1,7-9H2,2-5H3/t11-,12+,13+/m0/s1. The minimum Gasteiger partial charge on any atom is -0.455 e. The van der Waals surface area contributed by atoms with E-state index < -0.39 is 5.60 Å². The number of esters is 1. The van der Waals surface area contributed by atoms with Gasteiger partial charge in [-0.05, 0) is 39.2 Å². The molecule has 0 aromatic carbocycles. The Bertz CT molecular complexity index is 287. The van der Waals surface area contributed by atoms with E-state index in [0.717, 1.165) is 19.3 Å². The van der Waals surface area contributed by atoms with Gasteiger partial charge in [0.1, 0.15) is 5.60 Å². The van der Waals surface area contributed by atoms with E-state index in [1.54, 1.807) is 6.08 Å². The normalized spacial score (nSPS) is 31.6. The van der Waals surface area contributed by atoms with Crippen LogP contribution in [0.3, 0.4) is 0 Å². The number of carbonyl (C=O) groups excluding carboxylic acids is 1. The molecular formula is C13H22O3. The summed E-state index contributed by atoms with van der Waals surface area (Å²) in [6.45, 7) is 11.3. The molecule has 1 fully saturated rings. The zero-order valence-corrected chi connectivity index (χ0v) is 10.7. The van der Waals surface area contributed by atoms with E-state index in [9.17, 15) is 4.79 Å². The summed E-state index contributed by atoms with van der Waals surface area (Å²) in [6, 6.07) is 0. The van der Waals surface area contributed by atoms with Crippen molar-refractivity contribution in [1.29, 1.82) is 0 Å². The van der Waals surface area contributed by atoms with E-state index in [1.165, 1.54) is 6.92 Å². The molecule has 1 aliphatic heterocycles. The molecule has 1 heterocycles. The highest BCUT2D eigenvalue weighted by molar-refractivity contribution is 5.66. The number of hydrogen-bond acceptors (Lipinski definition) is 3. The molecule has 3 heteroatoms. The Morgan fingerprint density at radius 3 is 2.69 bits per heavy atom. The van der Waals surface area contributed by atoms with Crippen LogP contribution in [0.15, 0.2) is 12.7 Å². The van der Waals surface area contributed by atoms with Crippen molar-refractivity contribution < 1.29 is 14.3 Å². The Morgan fingerprint density at radius 1 is 1.69 bits per heavy atom. The van der Waals surface area contributed by atoms with Crippen LogP contribution in [-0.4, -0.2) is 23.3 Å². The molecule has 0 aromatic rings. The molecule has 0 saturated carbocycles. The van der Waals surface area contributed by atoms with Crippen LogP contribution in [0.1, 0.15) is 47.0 Å². The van der Waals surface area contributed by atoms with Gasteiger partial charge in [-0.2, -0.15) is 0 Å². The monoisotopic (exact) mass is 226 g/mol. The van der Waals surface area contributed by atoms with Gasteiger partial charge in [0.15, 0.2) is 0 Å². The third kappa shape index (κ3) is 3.08. The second kappa shape index (κ2) is 4.58. The maximum atomic E-state index is 11.0. The summed E-state index contributed by atoms with van der Waals surface area (Å²) in [4.78, 5) is 11.0. The van der Waals surface area contributed by atoms with Crippen molar-refractivity contribution in [2.45, 2.75) is 64.3 Å².